The van der Waals surface area contributed by atoms with Crippen LogP contribution in [0.1, 0.15) is 35.0 Å². The Kier molecular flexibility index (Phi) is 5.46. The second-order valence-electron chi connectivity index (χ2n) is 5.72. The van der Waals surface area contributed by atoms with Crippen LogP contribution in [-0.4, -0.2) is 6.03 Å². The smallest absolute Gasteiger partial charge is 0.316 e. The van der Waals surface area contributed by atoms with E-state index in [0.717, 1.165) is 10.4 Å². The number of nitrogens with one attached hydrogen (secondary N) is 2. The Morgan fingerprint density at radius 3 is 2.36 bits per heavy atom. The zero-order valence-corrected chi connectivity index (χ0v) is 14.6. The van der Waals surface area contributed by atoms with E-state index in [2.05, 4.69) is 10.6 Å². The minimum atomic E-state index is -0.430. The van der Waals surface area contributed by atoms with E-state index in [4.69, 9.17) is 0 Å². The Balaban J connectivity index is 1.74. The summed E-state index contributed by atoms with van der Waals surface area (Å²) in [5.74, 6) is -0.326. The van der Waals surface area contributed by atoms with Gasteiger partial charge in [-0.2, -0.15) is 0 Å². The van der Waals surface area contributed by atoms with Crippen molar-refractivity contribution in [2.24, 2.45) is 0 Å². The predicted octanol–water partition coefficient (Wildman–Crippen LogP) is 5.04. The molecule has 0 unspecified atom stereocenters. The van der Waals surface area contributed by atoms with Gasteiger partial charge < -0.3 is 10.6 Å². The molecule has 1 aromatic heterocycles. The molecule has 2 amide bonds. The van der Waals surface area contributed by atoms with Crippen LogP contribution >= 0.6 is 11.3 Å². The lowest BCUT2D eigenvalue weighted by Gasteiger charge is -2.21. The first-order chi connectivity index (χ1) is 12.1. The standard InChI is InChI=1S/C20H19FN2OS/c1-14(16-10-5-6-11-17(16)21)22-20(24)23-19(18-12-7-13-25-18)15-8-3-2-4-9-15/h2-14,19H,1H3,(H2,22,23,24)/t14-,19-/m1/s1. The summed E-state index contributed by atoms with van der Waals surface area (Å²) in [7, 11) is 0. The van der Waals surface area contributed by atoms with Crippen LogP contribution in [0.5, 0.6) is 0 Å². The highest BCUT2D eigenvalue weighted by atomic mass is 32.1. The van der Waals surface area contributed by atoms with Gasteiger partial charge in [-0.05, 0) is 30.0 Å². The Morgan fingerprint density at radius 1 is 0.960 bits per heavy atom. The Hall–Kier alpha value is -2.66. The van der Waals surface area contributed by atoms with Crippen molar-refractivity contribution >= 4 is 17.4 Å². The van der Waals surface area contributed by atoms with E-state index in [9.17, 15) is 9.18 Å². The number of amides is 2. The molecule has 2 atom stereocenters. The molecule has 0 saturated carbocycles. The molecule has 25 heavy (non-hydrogen) atoms. The number of benzene rings is 2. The maximum absolute atomic E-state index is 13.9. The largest absolute Gasteiger partial charge is 0.332 e. The van der Waals surface area contributed by atoms with Crippen LogP contribution in [0.4, 0.5) is 9.18 Å². The second kappa shape index (κ2) is 7.94. The first kappa shape index (κ1) is 17.2. The highest BCUT2D eigenvalue weighted by Gasteiger charge is 2.19. The lowest BCUT2D eigenvalue weighted by atomic mass is 10.1. The summed E-state index contributed by atoms with van der Waals surface area (Å²) in [6, 6.07) is 19.2. The van der Waals surface area contributed by atoms with Gasteiger partial charge in [0.15, 0.2) is 0 Å². The van der Waals surface area contributed by atoms with Gasteiger partial charge in [0.1, 0.15) is 5.82 Å². The van der Waals surface area contributed by atoms with Gasteiger partial charge in [0.25, 0.3) is 0 Å². The minimum Gasteiger partial charge on any atom is -0.332 e. The third-order valence-electron chi connectivity index (χ3n) is 3.96. The van der Waals surface area contributed by atoms with E-state index in [1.807, 2.05) is 47.8 Å². The molecule has 0 aliphatic heterocycles. The summed E-state index contributed by atoms with van der Waals surface area (Å²) < 4.78 is 13.9. The zero-order valence-electron chi connectivity index (χ0n) is 13.8. The number of hydrogen-bond acceptors (Lipinski definition) is 2. The molecule has 0 bridgehead atoms. The number of rotatable bonds is 5. The van der Waals surface area contributed by atoms with Crippen LogP contribution in [0.3, 0.4) is 0 Å². The molecule has 3 nitrogen and oxygen atoms in total. The molecular weight excluding hydrogens is 335 g/mol. The normalized spacial score (nSPS) is 13.0. The number of thiophene rings is 1. The maximum atomic E-state index is 13.9. The van der Waals surface area contributed by atoms with E-state index in [0.29, 0.717) is 5.56 Å². The summed E-state index contributed by atoms with van der Waals surface area (Å²) in [6.45, 7) is 1.76. The first-order valence-electron chi connectivity index (χ1n) is 8.05. The average Bonchev–Trinajstić information content (AvgIpc) is 3.15. The van der Waals surface area contributed by atoms with Crippen LogP contribution in [0, 0.1) is 5.82 Å². The molecule has 5 heteroatoms. The molecule has 0 fully saturated rings. The van der Waals surface area contributed by atoms with Gasteiger partial charge in [0.05, 0.1) is 12.1 Å². The van der Waals surface area contributed by atoms with Gasteiger partial charge in [0, 0.05) is 10.4 Å². The fourth-order valence-corrected chi connectivity index (χ4v) is 3.50. The number of carbonyl (C=O) groups excluding carboxylic acids is 1. The number of hydrogen-bond donors (Lipinski definition) is 2. The predicted molar refractivity (Wildman–Crippen MR) is 99.1 cm³/mol. The molecule has 0 spiro atoms. The van der Waals surface area contributed by atoms with E-state index in [1.165, 1.54) is 6.07 Å². The van der Waals surface area contributed by atoms with Crippen molar-refractivity contribution in [2.45, 2.75) is 19.0 Å². The van der Waals surface area contributed by atoms with Crippen molar-refractivity contribution in [1.82, 2.24) is 10.6 Å². The third-order valence-corrected chi connectivity index (χ3v) is 4.89. The molecule has 2 N–H and O–H groups in total. The lowest BCUT2D eigenvalue weighted by Crippen LogP contribution is -2.39. The van der Waals surface area contributed by atoms with Crippen molar-refractivity contribution in [3.8, 4) is 0 Å². The summed E-state index contributed by atoms with van der Waals surface area (Å²) in [5.41, 5.74) is 1.46. The van der Waals surface area contributed by atoms with Crippen LogP contribution in [0.25, 0.3) is 0 Å². The lowest BCUT2D eigenvalue weighted by molar-refractivity contribution is 0.235. The number of halogens is 1. The summed E-state index contributed by atoms with van der Waals surface area (Å²) in [6.07, 6.45) is 0. The Labute approximate surface area is 150 Å². The molecule has 0 radical (unpaired) electrons. The molecule has 2 aromatic carbocycles. The van der Waals surface area contributed by atoms with Crippen molar-refractivity contribution in [1.29, 1.82) is 0 Å². The summed E-state index contributed by atoms with van der Waals surface area (Å²) >= 11 is 1.58. The minimum absolute atomic E-state index is 0.242. The van der Waals surface area contributed by atoms with Gasteiger partial charge in [-0.1, -0.05) is 54.6 Å². The maximum Gasteiger partial charge on any atom is 0.316 e. The van der Waals surface area contributed by atoms with Crippen LogP contribution in [0.2, 0.25) is 0 Å². The molecule has 3 aromatic rings. The van der Waals surface area contributed by atoms with Crippen LogP contribution in [0.15, 0.2) is 72.1 Å². The third kappa shape index (κ3) is 4.25. The van der Waals surface area contributed by atoms with Gasteiger partial charge in [-0.3, -0.25) is 0 Å². The van der Waals surface area contributed by atoms with Crippen LogP contribution in [-0.2, 0) is 0 Å². The summed E-state index contributed by atoms with van der Waals surface area (Å²) in [4.78, 5) is 13.5. The monoisotopic (exact) mass is 354 g/mol. The van der Waals surface area contributed by atoms with Crippen molar-refractivity contribution in [3.63, 3.8) is 0 Å². The van der Waals surface area contributed by atoms with E-state index in [1.54, 1.807) is 36.5 Å². The zero-order chi connectivity index (χ0) is 17.6. The van der Waals surface area contributed by atoms with Crippen LogP contribution < -0.4 is 10.6 Å². The fraction of sp³-hybridized carbons (Fsp3) is 0.150. The number of urea groups is 1. The molecule has 0 aliphatic rings. The Bertz CT molecular complexity index is 821. The van der Waals surface area contributed by atoms with Gasteiger partial charge in [0.2, 0.25) is 0 Å². The SMILES string of the molecule is C[C@@H](NC(=O)N[C@H](c1ccccc1)c1cccs1)c1ccccc1F. The summed E-state index contributed by atoms with van der Waals surface area (Å²) in [5, 5.41) is 7.79. The van der Waals surface area contributed by atoms with E-state index >= 15 is 0 Å². The van der Waals surface area contributed by atoms with E-state index in [-0.39, 0.29) is 17.9 Å². The Morgan fingerprint density at radius 2 is 1.68 bits per heavy atom. The second-order valence-corrected chi connectivity index (χ2v) is 6.70. The van der Waals surface area contributed by atoms with Crippen molar-refractivity contribution < 1.29 is 9.18 Å². The van der Waals surface area contributed by atoms with Gasteiger partial charge >= 0.3 is 6.03 Å². The van der Waals surface area contributed by atoms with Crippen molar-refractivity contribution in [2.75, 3.05) is 0 Å². The first-order valence-corrected chi connectivity index (χ1v) is 8.93. The average molecular weight is 354 g/mol. The highest BCUT2D eigenvalue weighted by molar-refractivity contribution is 7.10. The molecule has 1 heterocycles. The quantitative estimate of drug-likeness (QED) is 0.662. The number of carbonyl (C=O) groups is 1. The highest BCUT2D eigenvalue weighted by Crippen LogP contribution is 2.26. The molecule has 0 aliphatic carbocycles. The van der Waals surface area contributed by atoms with Gasteiger partial charge in [-0.15, -0.1) is 11.3 Å². The van der Waals surface area contributed by atoms with E-state index < -0.39 is 6.04 Å². The molecule has 0 saturated heterocycles. The fourth-order valence-electron chi connectivity index (χ4n) is 2.69. The molecule has 128 valence electrons. The topological polar surface area (TPSA) is 41.1 Å². The van der Waals surface area contributed by atoms with Crippen molar-refractivity contribution in [3.05, 3.63) is 93.9 Å². The molecule has 3 rings (SSSR count). The van der Waals surface area contributed by atoms with Gasteiger partial charge in [-0.25, -0.2) is 9.18 Å². The molecular formula is C20H19FN2OS.